The van der Waals surface area contributed by atoms with Crippen LogP contribution in [0.15, 0.2) is 34.9 Å². The van der Waals surface area contributed by atoms with Crippen LogP contribution in [0.25, 0.3) is 20.9 Å². The molecular weight excluding hydrogens is 220 g/mol. The van der Waals surface area contributed by atoms with Crippen molar-refractivity contribution in [1.82, 2.24) is 10.1 Å². The topological polar surface area (TPSA) is 38.9 Å². The molecule has 0 saturated carbocycles. The molecule has 0 aliphatic carbocycles. The normalized spacial score (nSPS) is 11.1. The van der Waals surface area contributed by atoms with Crippen LogP contribution in [0.1, 0.15) is 12.7 Å². The monoisotopic (exact) mass is 230 g/mol. The second-order valence-electron chi connectivity index (χ2n) is 3.52. The highest BCUT2D eigenvalue weighted by Crippen LogP contribution is 2.32. The standard InChI is InChI=1S/C12H10N2OS/c1-2-11-13-12(15-14-11)10-7-8-5-3-4-6-9(8)16-10/h3-7H,2H2,1H3. The molecule has 0 N–H and O–H groups in total. The van der Waals surface area contributed by atoms with Gasteiger partial charge in [0, 0.05) is 11.1 Å². The minimum Gasteiger partial charge on any atom is -0.333 e. The summed E-state index contributed by atoms with van der Waals surface area (Å²) >= 11 is 1.68. The molecule has 2 heterocycles. The van der Waals surface area contributed by atoms with Gasteiger partial charge in [0.1, 0.15) is 0 Å². The molecule has 0 saturated heterocycles. The molecule has 1 aromatic carbocycles. The van der Waals surface area contributed by atoms with Gasteiger partial charge in [0.15, 0.2) is 5.82 Å². The molecule has 0 spiro atoms. The molecule has 3 nitrogen and oxygen atoms in total. The zero-order valence-electron chi connectivity index (χ0n) is 8.80. The Morgan fingerprint density at radius 2 is 2.19 bits per heavy atom. The fourth-order valence-electron chi connectivity index (χ4n) is 1.58. The molecule has 0 aliphatic rings. The fourth-order valence-corrected chi connectivity index (χ4v) is 2.57. The Hall–Kier alpha value is -1.68. The number of nitrogens with zero attached hydrogens (tertiary/aromatic N) is 2. The summed E-state index contributed by atoms with van der Waals surface area (Å²) in [6.07, 6.45) is 0.800. The van der Waals surface area contributed by atoms with E-state index in [2.05, 4.69) is 28.3 Å². The first kappa shape index (κ1) is 9.54. The van der Waals surface area contributed by atoms with Crippen molar-refractivity contribution in [2.75, 3.05) is 0 Å². The highest BCUT2D eigenvalue weighted by Gasteiger charge is 2.10. The van der Waals surface area contributed by atoms with Crippen LogP contribution in [0.3, 0.4) is 0 Å². The second kappa shape index (κ2) is 3.72. The van der Waals surface area contributed by atoms with E-state index in [0.717, 1.165) is 17.1 Å². The number of aromatic nitrogens is 2. The van der Waals surface area contributed by atoms with Crippen molar-refractivity contribution in [3.63, 3.8) is 0 Å². The van der Waals surface area contributed by atoms with Crippen LogP contribution < -0.4 is 0 Å². The first-order valence-corrected chi connectivity index (χ1v) is 6.00. The van der Waals surface area contributed by atoms with Crippen molar-refractivity contribution >= 4 is 21.4 Å². The Balaban J connectivity index is 2.11. The lowest BCUT2D eigenvalue weighted by Gasteiger charge is -1.82. The van der Waals surface area contributed by atoms with Gasteiger partial charge in [0.2, 0.25) is 0 Å². The minimum absolute atomic E-state index is 0.623. The third-order valence-corrected chi connectivity index (χ3v) is 3.52. The summed E-state index contributed by atoms with van der Waals surface area (Å²) in [5, 5.41) is 5.12. The Morgan fingerprint density at radius 1 is 1.31 bits per heavy atom. The first-order chi connectivity index (χ1) is 7.86. The summed E-state index contributed by atoms with van der Waals surface area (Å²) in [4.78, 5) is 5.36. The van der Waals surface area contributed by atoms with E-state index >= 15 is 0 Å². The molecule has 80 valence electrons. The lowest BCUT2D eigenvalue weighted by atomic mass is 10.2. The van der Waals surface area contributed by atoms with Crippen LogP contribution in [0, 0.1) is 0 Å². The highest BCUT2D eigenvalue weighted by atomic mass is 32.1. The van der Waals surface area contributed by atoms with E-state index in [-0.39, 0.29) is 0 Å². The van der Waals surface area contributed by atoms with Crippen molar-refractivity contribution in [3.05, 3.63) is 36.2 Å². The van der Waals surface area contributed by atoms with Gasteiger partial charge in [-0.05, 0) is 17.5 Å². The molecule has 0 aliphatic heterocycles. The van der Waals surface area contributed by atoms with Crippen molar-refractivity contribution < 1.29 is 4.52 Å². The van der Waals surface area contributed by atoms with E-state index < -0.39 is 0 Å². The van der Waals surface area contributed by atoms with Crippen molar-refractivity contribution in [1.29, 1.82) is 0 Å². The number of hydrogen-bond donors (Lipinski definition) is 0. The predicted octanol–water partition coefficient (Wildman–Crippen LogP) is 3.51. The third kappa shape index (κ3) is 1.51. The first-order valence-electron chi connectivity index (χ1n) is 5.18. The zero-order chi connectivity index (χ0) is 11.0. The van der Waals surface area contributed by atoms with E-state index in [1.165, 1.54) is 10.1 Å². The number of hydrogen-bond acceptors (Lipinski definition) is 4. The van der Waals surface area contributed by atoms with Crippen LogP contribution in [0.4, 0.5) is 0 Å². The van der Waals surface area contributed by atoms with Gasteiger partial charge in [-0.15, -0.1) is 11.3 Å². The van der Waals surface area contributed by atoms with Gasteiger partial charge < -0.3 is 4.52 Å². The van der Waals surface area contributed by atoms with Gasteiger partial charge in [0.05, 0.1) is 4.88 Å². The highest BCUT2D eigenvalue weighted by molar-refractivity contribution is 7.22. The fraction of sp³-hybridized carbons (Fsp3) is 0.167. The Labute approximate surface area is 96.7 Å². The Morgan fingerprint density at radius 3 is 2.94 bits per heavy atom. The maximum absolute atomic E-state index is 5.22. The van der Waals surface area contributed by atoms with Gasteiger partial charge >= 0.3 is 0 Å². The van der Waals surface area contributed by atoms with Crippen LogP contribution in [-0.4, -0.2) is 10.1 Å². The Kier molecular flexibility index (Phi) is 2.22. The van der Waals surface area contributed by atoms with Crippen LogP contribution >= 0.6 is 11.3 Å². The molecule has 4 heteroatoms. The number of thiophene rings is 1. The molecule has 3 aromatic rings. The van der Waals surface area contributed by atoms with Crippen LogP contribution in [0.2, 0.25) is 0 Å². The summed E-state index contributed by atoms with van der Waals surface area (Å²) in [6, 6.07) is 10.3. The summed E-state index contributed by atoms with van der Waals surface area (Å²) in [7, 11) is 0. The van der Waals surface area contributed by atoms with Gasteiger partial charge in [-0.2, -0.15) is 4.98 Å². The maximum Gasteiger partial charge on any atom is 0.268 e. The molecule has 0 radical (unpaired) electrons. The van der Waals surface area contributed by atoms with E-state index in [9.17, 15) is 0 Å². The van der Waals surface area contributed by atoms with E-state index in [1.54, 1.807) is 11.3 Å². The summed E-state index contributed by atoms with van der Waals surface area (Å²) in [5.41, 5.74) is 0. The lowest BCUT2D eigenvalue weighted by molar-refractivity contribution is 0.424. The average Bonchev–Trinajstić information content (AvgIpc) is 2.95. The molecule has 2 aromatic heterocycles. The molecule has 0 amide bonds. The number of benzene rings is 1. The SMILES string of the molecule is CCc1noc(-c2cc3ccccc3s2)n1. The van der Waals surface area contributed by atoms with E-state index in [4.69, 9.17) is 4.52 Å². The number of fused-ring (bicyclic) bond motifs is 1. The molecule has 0 atom stereocenters. The van der Waals surface area contributed by atoms with Gasteiger partial charge in [-0.1, -0.05) is 30.3 Å². The quantitative estimate of drug-likeness (QED) is 0.676. The lowest BCUT2D eigenvalue weighted by Crippen LogP contribution is -1.80. The zero-order valence-corrected chi connectivity index (χ0v) is 9.62. The minimum atomic E-state index is 0.623. The summed E-state index contributed by atoms with van der Waals surface area (Å²) in [5.74, 6) is 1.38. The third-order valence-electron chi connectivity index (χ3n) is 2.42. The molecule has 0 bridgehead atoms. The van der Waals surface area contributed by atoms with Gasteiger partial charge in [0.25, 0.3) is 5.89 Å². The van der Waals surface area contributed by atoms with E-state index in [1.807, 2.05) is 19.1 Å². The van der Waals surface area contributed by atoms with Crippen LogP contribution in [-0.2, 0) is 6.42 Å². The molecular formula is C12H10N2OS. The average molecular weight is 230 g/mol. The van der Waals surface area contributed by atoms with Crippen molar-refractivity contribution in [2.24, 2.45) is 0 Å². The molecule has 0 unspecified atom stereocenters. The summed E-state index contributed by atoms with van der Waals surface area (Å²) in [6.45, 7) is 2.01. The number of rotatable bonds is 2. The molecule has 3 rings (SSSR count). The predicted molar refractivity (Wildman–Crippen MR) is 64.5 cm³/mol. The van der Waals surface area contributed by atoms with Gasteiger partial charge in [-0.25, -0.2) is 0 Å². The Bertz CT molecular complexity index is 594. The largest absolute Gasteiger partial charge is 0.333 e. The van der Waals surface area contributed by atoms with Crippen molar-refractivity contribution in [3.8, 4) is 10.8 Å². The molecule has 16 heavy (non-hydrogen) atoms. The molecule has 0 fully saturated rings. The van der Waals surface area contributed by atoms with Crippen molar-refractivity contribution in [2.45, 2.75) is 13.3 Å². The number of aryl methyl sites for hydroxylation is 1. The summed E-state index contributed by atoms with van der Waals surface area (Å²) < 4.78 is 6.46. The van der Waals surface area contributed by atoms with Gasteiger partial charge in [-0.3, -0.25) is 0 Å². The maximum atomic E-state index is 5.22. The second-order valence-corrected chi connectivity index (χ2v) is 4.60. The smallest absolute Gasteiger partial charge is 0.268 e. The van der Waals surface area contributed by atoms with E-state index in [0.29, 0.717) is 5.89 Å². The van der Waals surface area contributed by atoms with Crippen LogP contribution in [0.5, 0.6) is 0 Å².